The van der Waals surface area contributed by atoms with E-state index in [1.54, 1.807) is 11.8 Å². The topological polar surface area (TPSA) is 47.6 Å². The van der Waals surface area contributed by atoms with E-state index in [0.717, 1.165) is 16.3 Å². The zero-order valence-corrected chi connectivity index (χ0v) is 14.2. The van der Waals surface area contributed by atoms with Crippen molar-refractivity contribution in [3.05, 3.63) is 42.5 Å². The molecule has 1 N–H and O–H groups in total. The van der Waals surface area contributed by atoms with Crippen molar-refractivity contribution in [2.75, 3.05) is 11.9 Å². The Bertz CT molecular complexity index is 737. The molecule has 2 aromatic rings. The number of ether oxygens (including phenoxy) is 2. The van der Waals surface area contributed by atoms with Crippen molar-refractivity contribution in [2.24, 2.45) is 0 Å². The molecule has 0 radical (unpaired) electrons. The van der Waals surface area contributed by atoms with Crippen molar-refractivity contribution >= 4 is 29.1 Å². The van der Waals surface area contributed by atoms with Gasteiger partial charge in [0.05, 0.1) is 11.4 Å². The predicted molar refractivity (Wildman–Crippen MR) is 91.6 cm³/mol. The fraction of sp³-hybridized carbons (Fsp3) is 0.278. The summed E-state index contributed by atoms with van der Waals surface area (Å²) in [6.07, 6.45) is 0. The van der Waals surface area contributed by atoms with Gasteiger partial charge in [0.15, 0.2) is 6.61 Å². The normalized spacial score (nSPS) is 12.7. The fourth-order valence-electron chi connectivity index (χ4n) is 2.22. The Kier molecular flexibility index (Phi) is 4.22. The number of carbonyl (C=O) groups is 1. The second-order valence-corrected chi connectivity index (χ2v) is 7.34. The Morgan fingerprint density at radius 2 is 1.83 bits per heavy atom. The number of esters is 1. The van der Waals surface area contributed by atoms with Crippen LogP contribution in [0.25, 0.3) is 0 Å². The minimum absolute atomic E-state index is 0.0974. The monoisotopic (exact) mass is 329 g/mol. The molecule has 1 heterocycles. The molecule has 0 aromatic heterocycles. The van der Waals surface area contributed by atoms with E-state index in [1.165, 1.54) is 4.90 Å². The molecule has 0 aliphatic carbocycles. The van der Waals surface area contributed by atoms with E-state index in [0.29, 0.717) is 5.75 Å². The molecule has 120 valence electrons. The Balaban J connectivity index is 1.67. The average Bonchev–Trinajstić information content (AvgIpc) is 2.49. The number of nitrogens with one attached hydrogen (secondary N) is 1. The molecule has 23 heavy (non-hydrogen) atoms. The highest BCUT2D eigenvalue weighted by Gasteiger charge is 2.18. The maximum Gasteiger partial charge on any atom is 0.344 e. The van der Waals surface area contributed by atoms with Crippen LogP contribution in [0.2, 0.25) is 0 Å². The number of hydrogen-bond donors (Lipinski definition) is 1. The number of para-hydroxylation sites is 1. The molecule has 1 aliphatic heterocycles. The van der Waals surface area contributed by atoms with Crippen molar-refractivity contribution < 1.29 is 14.3 Å². The van der Waals surface area contributed by atoms with Gasteiger partial charge >= 0.3 is 5.97 Å². The third kappa shape index (κ3) is 3.99. The first-order chi connectivity index (χ1) is 10.9. The van der Waals surface area contributed by atoms with Crippen LogP contribution < -0.4 is 10.1 Å². The van der Waals surface area contributed by atoms with E-state index in [2.05, 4.69) is 11.4 Å². The Morgan fingerprint density at radius 1 is 1.09 bits per heavy atom. The standard InChI is InChI=1S/C18H19NO3S/c1-18(2,3)22-17(20)11-21-12-8-9-16-14(10-12)19-13-6-4-5-7-15(13)23-16/h4-10,19H,11H2,1-3H3. The van der Waals surface area contributed by atoms with Gasteiger partial charge in [-0.05, 0) is 45.0 Å². The zero-order valence-electron chi connectivity index (χ0n) is 13.4. The minimum Gasteiger partial charge on any atom is -0.482 e. The van der Waals surface area contributed by atoms with E-state index in [1.807, 2.05) is 57.2 Å². The summed E-state index contributed by atoms with van der Waals surface area (Å²) in [5.74, 6) is 0.269. The third-order valence-corrected chi connectivity index (χ3v) is 4.26. The van der Waals surface area contributed by atoms with Gasteiger partial charge in [-0.1, -0.05) is 23.9 Å². The van der Waals surface area contributed by atoms with Crippen LogP contribution in [0.1, 0.15) is 20.8 Å². The number of hydrogen-bond acceptors (Lipinski definition) is 5. The van der Waals surface area contributed by atoms with E-state index >= 15 is 0 Å². The fourth-order valence-corrected chi connectivity index (χ4v) is 3.19. The third-order valence-electron chi connectivity index (χ3n) is 3.10. The maximum atomic E-state index is 11.7. The summed E-state index contributed by atoms with van der Waals surface area (Å²) < 4.78 is 10.8. The summed E-state index contributed by atoms with van der Waals surface area (Å²) in [5.41, 5.74) is 1.56. The lowest BCUT2D eigenvalue weighted by Crippen LogP contribution is -2.27. The molecule has 2 aromatic carbocycles. The summed E-state index contributed by atoms with van der Waals surface area (Å²) >= 11 is 1.71. The Morgan fingerprint density at radius 3 is 2.61 bits per heavy atom. The quantitative estimate of drug-likeness (QED) is 0.711. The molecule has 0 saturated heterocycles. The van der Waals surface area contributed by atoms with Gasteiger partial charge in [-0.3, -0.25) is 0 Å². The van der Waals surface area contributed by atoms with Crippen LogP contribution in [-0.4, -0.2) is 18.2 Å². The van der Waals surface area contributed by atoms with Gasteiger partial charge in [-0.25, -0.2) is 4.79 Å². The van der Waals surface area contributed by atoms with Gasteiger partial charge < -0.3 is 14.8 Å². The number of benzene rings is 2. The molecule has 0 amide bonds. The van der Waals surface area contributed by atoms with Crippen molar-refractivity contribution in [3.63, 3.8) is 0 Å². The molecule has 4 nitrogen and oxygen atoms in total. The highest BCUT2D eigenvalue weighted by molar-refractivity contribution is 7.99. The molecule has 0 unspecified atom stereocenters. The second-order valence-electron chi connectivity index (χ2n) is 6.26. The first-order valence-electron chi connectivity index (χ1n) is 7.43. The number of rotatable bonds is 3. The van der Waals surface area contributed by atoms with Crippen molar-refractivity contribution in [3.8, 4) is 5.75 Å². The summed E-state index contributed by atoms with van der Waals surface area (Å²) in [4.78, 5) is 14.0. The van der Waals surface area contributed by atoms with Crippen LogP contribution >= 0.6 is 11.8 Å². The lowest BCUT2D eigenvalue weighted by atomic mass is 10.2. The number of anilines is 2. The summed E-state index contributed by atoms with van der Waals surface area (Å²) in [6.45, 7) is 5.41. The van der Waals surface area contributed by atoms with Crippen molar-refractivity contribution in [1.29, 1.82) is 0 Å². The molecule has 0 spiro atoms. The highest BCUT2D eigenvalue weighted by Crippen LogP contribution is 2.44. The van der Waals surface area contributed by atoms with Gasteiger partial charge in [0, 0.05) is 15.9 Å². The molecular formula is C18H19NO3S. The van der Waals surface area contributed by atoms with Gasteiger partial charge in [0.25, 0.3) is 0 Å². The van der Waals surface area contributed by atoms with E-state index in [4.69, 9.17) is 9.47 Å². The maximum absolute atomic E-state index is 11.7. The van der Waals surface area contributed by atoms with Crippen LogP contribution in [0, 0.1) is 0 Å². The molecule has 3 rings (SSSR count). The highest BCUT2D eigenvalue weighted by atomic mass is 32.2. The number of fused-ring (bicyclic) bond motifs is 2. The van der Waals surface area contributed by atoms with Crippen LogP contribution in [0.4, 0.5) is 11.4 Å². The van der Waals surface area contributed by atoms with E-state index in [-0.39, 0.29) is 12.6 Å². The van der Waals surface area contributed by atoms with Crippen LogP contribution in [-0.2, 0) is 9.53 Å². The van der Waals surface area contributed by atoms with Crippen molar-refractivity contribution in [2.45, 2.75) is 36.2 Å². The van der Waals surface area contributed by atoms with E-state index in [9.17, 15) is 4.79 Å². The lowest BCUT2D eigenvalue weighted by molar-refractivity contribution is -0.157. The summed E-state index contributed by atoms with van der Waals surface area (Å²) in [7, 11) is 0. The number of carbonyl (C=O) groups excluding carboxylic acids is 1. The average molecular weight is 329 g/mol. The van der Waals surface area contributed by atoms with Gasteiger partial charge in [0.2, 0.25) is 0 Å². The Labute approximate surface area is 140 Å². The van der Waals surface area contributed by atoms with Gasteiger partial charge in [-0.15, -0.1) is 0 Å². The van der Waals surface area contributed by atoms with Crippen LogP contribution in [0.3, 0.4) is 0 Å². The first kappa shape index (κ1) is 15.7. The SMILES string of the molecule is CC(C)(C)OC(=O)COc1ccc2c(c1)Nc1ccccc1S2. The molecule has 5 heteroatoms. The zero-order chi connectivity index (χ0) is 16.4. The molecule has 0 saturated carbocycles. The van der Waals surface area contributed by atoms with Crippen LogP contribution in [0.5, 0.6) is 5.75 Å². The molecular weight excluding hydrogens is 310 g/mol. The van der Waals surface area contributed by atoms with Crippen molar-refractivity contribution in [1.82, 2.24) is 0 Å². The van der Waals surface area contributed by atoms with E-state index < -0.39 is 5.60 Å². The minimum atomic E-state index is -0.502. The molecule has 1 aliphatic rings. The van der Waals surface area contributed by atoms with Gasteiger partial charge in [0.1, 0.15) is 11.4 Å². The summed E-state index contributed by atoms with van der Waals surface area (Å²) in [6, 6.07) is 13.9. The predicted octanol–water partition coefficient (Wildman–Crippen LogP) is 4.62. The lowest BCUT2D eigenvalue weighted by Gasteiger charge is -2.22. The second kappa shape index (κ2) is 6.16. The first-order valence-corrected chi connectivity index (χ1v) is 8.25. The summed E-state index contributed by atoms with van der Waals surface area (Å²) in [5, 5.41) is 3.39. The van der Waals surface area contributed by atoms with Crippen LogP contribution in [0.15, 0.2) is 52.3 Å². The molecule has 0 bridgehead atoms. The Hall–Kier alpha value is -2.14. The van der Waals surface area contributed by atoms with Gasteiger partial charge in [-0.2, -0.15) is 0 Å². The largest absolute Gasteiger partial charge is 0.482 e. The smallest absolute Gasteiger partial charge is 0.344 e. The molecule has 0 fully saturated rings. The molecule has 0 atom stereocenters.